The molecule has 6 heteroatoms. The zero-order valence-electron chi connectivity index (χ0n) is 40.7. The van der Waals surface area contributed by atoms with Gasteiger partial charge in [0.05, 0.1) is 0 Å². The number of unbranched alkanes of at least 4 members (excludes halogenated alkanes) is 31. The Labute approximate surface area is 378 Å². The Hall–Kier alpha value is -2.37. The molecule has 0 aromatic heterocycles. The summed E-state index contributed by atoms with van der Waals surface area (Å²) < 4.78 is 16.8. The third kappa shape index (κ3) is 48.5. The molecule has 0 rings (SSSR count). The van der Waals surface area contributed by atoms with Gasteiger partial charge in [-0.25, -0.2) is 0 Å². The molecule has 61 heavy (non-hydrogen) atoms. The van der Waals surface area contributed by atoms with Crippen LogP contribution in [0.5, 0.6) is 0 Å². The molecule has 0 aromatic rings. The Morgan fingerprint density at radius 3 is 0.934 bits per heavy atom. The van der Waals surface area contributed by atoms with Gasteiger partial charge in [-0.05, 0) is 77.0 Å². The van der Waals surface area contributed by atoms with Gasteiger partial charge in [-0.15, -0.1) is 0 Å². The second-order valence-corrected chi connectivity index (χ2v) is 17.8. The first-order valence-electron chi connectivity index (χ1n) is 26.5. The minimum absolute atomic E-state index is 0.0782. The Kier molecular flexibility index (Phi) is 48.3. The number of ether oxygens (including phenoxy) is 3. The van der Waals surface area contributed by atoms with E-state index in [4.69, 9.17) is 14.2 Å². The van der Waals surface area contributed by atoms with Crippen molar-refractivity contribution in [1.29, 1.82) is 0 Å². The van der Waals surface area contributed by atoms with Crippen LogP contribution in [0, 0.1) is 0 Å². The van der Waals surface area contributed by atoms with Gasteiger partial charge in [0.25, 0.3) is 0 Å². The summed E-state index contributed by atoms with van der Waals surface area (Å²) in [5.74, 6) is -0.888. The fourth-order valence-electron chi connectivity index (χ4n) is 7.59. The Balaban J connectivity index is 4.38. The van der Waals surface area contributed by atoms with Crippen LogP contribution >= 0.6 is 0 Å². The van der Waals surface area contributed by atoms with E-state index < -0.39 is 6.10 Å². The van der Waals surface area contributed by atoms with Crippen LogP contribution in [0.2, 0.25) is 0 Å². The molecule has 0 aliphatic heterocycles. The molecule has 0 bridgehead atoms. The minimum Gasteiger partial charge on any atom is -0.462 e. The lowest BCUT2D eigenvalue weighted by molar-refractivity contribution is -0.167. The van der Waals surface area contributed by atoms with Crippen LogP contribution in [0.3, 0.4) is 0 Å². The average molecular weight is 857 g/mol. The number of rotatable bonds is 48. The molecule has 0 N–H and O–H groups in total. The van der Waals surface area contributed by atoms with Crippen molar-refractivity contribution in [3.05, 3.63) is 36.5 Å². The summed E-state index contributed by atoms with van der Waals surface area (Å²) in [5.41, 5.74) is 0. The minimum atomic E-state index is -0.777. The summed E-state index contributed by atoms with van der Waals surface area (Å²) >= 11 is 0. The highest BCUT2D eigenvalue weighted by atomic mass is 16.6. The second kappa shape index (κ2) is 50.3. The monoisotopic (exact) mass is 857 g/mol. The molecule has 1 unspecified atom stereocenters. The van der Waals surface area contributed by atoms with E-state index >= 15 is 0 Å². The summed E-state index contributed by atoms with van der Waals surface area (Å²) in [4.78, 5) is 38.0. The van der Waals surface area contributed by atoms with E-state index in [0.29, 0.717) is 19.3 Å². The van der Waals surface area contributed by atoms with Crippen LogP contribution in [-0.2, 0) is 28.6 Å². The van der Waals surface area contributed by atoms with Gasteiger partial charge in [0, 0.05) is 19.3 Å². The van der Waals surface area contributed by atoms with Gasteiger partial charge in [-0.3, -0.25) is 14.4 Å². The molecule has 1 atom stereocenters. The van der Waals surface area contributed by atoms with Crippen molar-refractivity contribution in [3.8, 4) is 0 Å². The summed E-state index contributed by atoms with van der Waals surface area (Å²) in [6.07, 6.45) is 58.3. The summed E-state index contributed by atoms with van der Waals surface area (Å²) in [7, 11) is 0. The van der Waals surface area contributed by atoms with E-state index in [1.165, 1.54) is 154 Å². The zero-order chi connectivity index (χ0) is 44.4. The molecule has 356 valence electrons. The normalized spacial score (nSPS) is 12.2. The van der Waals surface area contributed by atoms with Gasteiger partial charge >= 0.3 is 17.9 Å². The van der Waals surface area contributed by atoms with Crippen LogP contribution < -0.4 is 0 Å². The van der Waals surface area contributed by atoms with Gasteiger partial charge in [0.1, 0.15) is 13.2 Å². The van der Waals surface area contributed by atoms with E-state index in [2.05, 4.69) is 57.2 Å². The zero-order valence-corrected chi connectivity index (χ0v) is 40.7. The number of hydrogen-bond acceptors (Lipinski definition) is 6. The highest BCUT2D eigenvalue weighted by Crippen LogP contribution is 2.15. The number of esters is 3. The molecule has 6 nitrogen and oxygen atoms in total. The highest BCUT2D eigenvalue weighted by Gasteiger charge is 2.19. The third-order valence-corrected chi connectivity index (χ3v) is 11.6. The van der Waals surface area contributed by atoms with Gasteiger partial charge in [-0.2, -0.15) is 0 Å². The van der Waals surface area contributed by atoms with E-state index in [-0.39, 0.29) is 31.1 Å². The molecule has 0 spiro atoms. The first-order chi connectivity index (χ1) is 30.0. The van der Waals surface area contributed by atoms with Gasteiger partial charge < -0.3 is 14.2 Å². The Bertz CT molecular complexity index is 1030. The predicted octanol–water partition coefficient (Wildman–Crippen LogP) is 17.3. The maximum Gasteiger partial charge on any atom is 0.306 e. The van der Waals surface area contributed by atoms with Crippen LogP contribution in [-0.4, -0.2) is 37.2 Å². The molecule has 0 aliphatic rings. The van der Waals surface area contributed by atoms with Crippen molar-refractivity contribution < 1.29 is 28.6 Å². The van der Waals surface area contributed by atoms with Crippen LogP contribution in [0.4, 0.5) is 0 Å². The Morgan fingerprint density at radius 1 is 0.328 bits per heavy atom. The molecule has 0 aliphatic carbocycles. The van der Waals surface area contributed by atoms with Crippen LogP contribution in [0.15, 0.2) is 36.5 Å². The van der Waals surface area contributed by atoms with Gasteiger partial charge in [0.15, 0.2) is 6.10 Å². The molecule has 0 saturated heterocycles. The van der Waals surface area contributed by atoms with E-state index in [1.54, 1.807) is 0 Å². The van der Waals surface area contributed by atoms with E-state index in [1.807, 2.05) is 0 Å². The fourth-order valence-corrected chi connectivity index (χ4v) is 7.59. The summed E-state index contributed by atoms with van der Waals surface area (Å²) in [6.45, 7) is 6.61. The van der Waals surface area contributed by atoms with Crippen molar-refractivity contribution in [2.45, 2.75) is 284 Å². The lowest BCUT2D eigenvalue weighted by Crippen LogP contribution is -2.30. The third-order valence-electron chi connectivity index (χ3n) is 11.6. The fraction of sp³-hybridized carbons (Fsp3) is 0.836. The van der Waals surface area contributed by atoms with Crippen molar-refractivity contribution in [2.75, 3.05) is 13.2 Å². The SMILES string of the molecule is CCCCCC/C=C\C/C=C\CCCCCCCC(=O)OCC(COC(=O)CCCCCCC/C=C\CCCCCC)OC(=O)CCCCCCCCCCCCCCCC. The molecular formula is C55H100O6. The number of carbonyl (C=O) groups is 3. The van der Waals surface area contributed by atoms with Crippen LogP contribution in [0.1, 0.15) is 278 Å². The van der Waals surface area contributed by atoms with Crippen LogP contribution in [0.25, 0.3) is 0 Å². The standard InChI is InChI=1S/C55H100O6/c1-4-7-10-13-16-19-22-25-27-28-31-33-36-39-42-45-48-54(57)60-51-52(50-59-53(56)47-44-41-38-35-32-29-24-21-18-15-12-9-6-3)61-55(58)49-46-43-40-37-34-30-26-23-20-17-14-11-8-5-2/h19,21-22,24,27-28,52H,4-18,20,23,25-26,29-51H2,1-3H3/b22-19-,24-21-,28-27-. The molecule has 0 aromatic carbocycles. The van der Waals surface area contributed by atoms with Crippen molar-refractivity contribution >= 4 is 17.9 Å². The van der Waals surface area contributed by atoms with E-state index in [0.717, 1.165) is 83.5 Å². The number of hydrogen-bond donors (Lipinski definition) is 0. The van der Waals surface area contributed by atoms with Crippen molar-refractivity contribution in [1.82, 2.24) is 0 Å². The molecule has 0 amide bonds. The highest BCUT2D eigenvalue weighted by molar-refractivity contribution is 5.71. The van der Waals surface area contributed by atoms with E-state index in [9.17, 15) is 14.4 Å². The van der Waals surface area contributed by atoms with Crippen molar-refractivity contribution in [3.63, 3.8) is 0 Å². The first-order valence-corrected chi connectivity index (χ1v) is 26.5. The molecular weight excluding hydrogens is 757 g/mol. The first kappa shape index (κ1) is 58.6. The second-order valence-electron chi connectivity index (χ2n) is 17.8. The maximum atomic E-state index is 12.8. The molecule has 0 saturated carbocycles. The summed E-state index contributed by atoms with van der Waals surface area (Å²) in [6, 6.07) is 0. The lowest BCUT2D eigenvalue weighted by Gasteiger charge is -2.18. The van der Waals surface area contributed by atoms with Gasteiger partial charge in [0.2, 0.25) is 0 Å². The molecule has 0 fully saturated rings. The lowest BCUT2D eigenvalue weighted by atomic mass is 10.0. The molecule has 0 heterocycles. The quantitative estimate of drug-likeness (QED) is 0.0262. The number of carbonyl (C=O) groups excluding carboxylic acids is 3. The van der Waals surface area contributed by atoms with Crippen molar-refractivity contribution in [2.24, 2.45) is 0 Å². The number of allylic oxidation sites excluding steroid dienone is 6. The predicted molar refractivity (Wildman–Crippen MR) is 261 cm³/mol. The topological polar surface area (TPSA) is 78.9 Å². The largest absolute Gasteiger partial charge is 0.462 e. The smallest absolute Gasteiger partial charge is 0.306 e. The summed E-state index contributed by atoms with van der Waals surface area (Å²) in [5, 5.41) is 0. The molecule has 0 radical (unpaired) electrons. The average Bonchev–Trinajstić information content (AvgIpc) is 3.26. The Morgan fingerprint density at radius 2 is 0.590 bits per heavy atom. The van der Waals surface area contributed by atoms with Gasteiger partial charge in [-0.1, -0.05) is 218 Å². The maximum absolute atomic E-state index is 12.8.